The Bertz CT molecular complexity index is 97.6. The average molecular weight is 180 g/mol. The molecule has 0 bridgehead atoms. The van der Waals surface area contributed by atoms with Gasteiger partial charge in [-0.05, 0) is 18.8 Å². The van der Waals surface area contributed by atoms with E-state index in [0.29, 0.717) is 11.3 Å². The lowest BCUT2D eigenvalue weighted by molar-refractivity contribution is 0.398. The first-order valence-corrected chi connectivity index (χ1v) is 5.29. The Balaban J connectivity index is 2.25. The smallest absolute Gasteiger partial charge is 0.0372 e. The van der Waals surface area contributed by atoms with Gasteiger partial charge in [-0.15, -0.1) is 11.6 Å². The summed E-state index contributed by atoms with van der Waals surface area (Å²) in [4.78, 5) is 0. The number of alkyl halides is 1. The van der Waals surface area contributed by atoms with Crippen LogP contribution in [0.1, 0.15) is 25.7 Å². The molecule has 0 saturated heterocycles. The van der Waals surface area contributed by atoms with E-state index in [4.69, 9.17) is 16.7 Å². The minimum absolute atomic E-state index is 0.393. The van der Waals surface area contributed by atoms with Crippen LogP contribution in [0.4, 0.5) is 0 Å². The molecule has 0 aliphatic heterocycles. The minimum Gasteiger partial charge on any atom is -0.278 e. The summed E-state index contributed by atoms with van der Waals surface area (Å²) in [5, 5.41) is 5.77. The highest BCUT2D eigenvalue weighted by Crippen LogP contribution is 2.29. The molecule has 2 N–H and O–H groups in total. The standard InChI is InChI=1S/C7H14ClNS/c8-7-4-2-1-3-6(7)5-10-9/h6-7H,1-5,9H2. The molecule has 3 heteroatoms. The Morgan fingerprint density at radius 3 is 2.70 bits per heavy atom. The predicted octanol–water partition coefficient (Wildman–Crippen LogP) is 2.39. The Morgan fingerprint density at radius 2 is 2.10 bits per heavy atom. The van der Waals surface area contributed by atoms with Gasteiger partial charge in [0, 0.05) is 11.1 Å². The van der Waals surface area contributed by atoms with Crippen molar-refractivity contribution in [3.63, 3.8) is 0 Å². The molecule has 2 unspecified atom stereocenters. The van der Waals surface area contributed by atoms with Gasteiger partial charge in [0.25, 0.3) is 0 Å². The topological polar surface area (TPSA) is 26.0 Å². The number of halogens is 1. The largest absolute Gasteiger partial charge is 0.278 e. The molecule has 1 fully saturated rings. The van der Waals surface area contributed by atoms with Gasteiger partial charge in [0.15, 0.2) is 0 Å². The van der Waals surface area contributed by atoms with Crippen molar-refractivity contribution in [1.29, 1.82) is 0 Å². The molecule has 1 saturated carbocycles. The fourth-order valence-electron chi connectivity index (χ4n) is 1.47. The summed E-state index contributed by atoms with van der Waals surface area (Å²) in [6.07, 6.45) is 5.11. The molecule has 10 heavy (non-hydrogen) atoms. The normalized spacial score (nSPS) is 34.2. The van der Waals surface area contributed by atoms with Gasteiger partial charge in [0.2, 0.25) is 0 Å². The highest BCUT2D eigenvalue weighted by atomic mass is 35.5. The first-order chi connectivity index (χ1) is 4.84. The van der Waals surface area contributed by atoms with E-state index in [-0.39, 0.29) is 0 Å². The van der Waals surface area contributed by atoms with Gasteiger partial charge in [-0.2, -0.15) is 0 Å². The maximum Gasteiger partial charge on any atom is 0.0372 e. The minimum atomic E-state index is 0.393. The van der Waals surface area contributed by atoms with Crippen LogP contribution in [0.5, 0.6) is 0 Å². The third kappa shape index (κ3) is 2.33. The van der Waals surface area contributed by atoms with Crippen molar-refractivity contribution in [3.05, 3.63) is 0 Å². The van der Waals surface area contributed by atoms with Gasteiger partial charge in [0.1, 0.15) is 0 Å². The summed E-state index contributed by atoms with van der Waals surface area (Å²) < 4.78 is 0. The van der Waals surface area contributed by atoms with Crippen molar-refractivity contribution in [2.45, 2.75) is 31.1 Å². The van der Waals surface area contributed by atoms with Crippen LogP contribution in [-0.2, 0) is 0 Å². The fraction of sp³-hybridized carbons (Fsp3) is 1.00. The van der Waals surface area contributed by atoms with E-state index in [2.05, 4.69) is 0 Å². The Kier molecular flexibility index (Phi) is 3.89. The predicted molar refractivity (Wildman–Crippen MR) is 48.2 cm³/mol. The lowest BCUT2D eigenvalue weighted by Gasteiger charge is -2.25. The Labute approximate surface area is 71.8 Å². The second kappa shape index (κ2) is 4.47. The summed E-state index contributed by atoms with van der Waals surface area (Å²) in [5.74, 6) is 1.71. The van der Waals surface area contributed by atoms with Gasteiger partial charge in [0.05, 0.1) is 0 Å². The summed E-state index contributed by atoms with van der Waals surface area (Å²) >= 11 is 7.52. The number of hydrogen-bond donors (Lipinski definition) is 1. The molecule has 0 heterocycles. The quantitative estimate of drug-likeness (QED) is 0.521. The molecule has 60 valence electrons. The average Bonchev–Trinajstić information content (AvgIpc) is 1.94. The first-order valence-electron chi connectivity index (χ1n) is 3.80. The van der Waals surface area contributed by atoms with E-state index in [1.54, 1.807) is 0 Å². The van der Waals surface area contributed by atoms with Crippen molar-refractivity contribution in [3.8, 4) is 0 Å². The van der Waals surface area contributed by atoms with Crippen LogP contribution in [0.2, 0.25) is 0 Å². The molecule has 0 aromatic rings. The molecule has 2 atom stereocenters. The Morgan fingerprint density at radius 1 is 1.40 bits per heavy atom. The van der Waals surface area contributed by atoms with Crippen LogP contribution in [0.3, 0.4) is 0 Å². The summed E-state index contributed by atoms with van der Waals surface area (Å²) in [6.45, 7) is 0. The Hall–Kier alpha value is 0.600. The van der Waals surface area contributed by atoms with Crippen molar-refractivity contribution < 1.29 is 0 Å². The third-order valence-electron chi connectivity index (χ3n) is 2.13. The molecule has 0 radical (unpaired) electrons. The molecule has 1 rings (SSSR count). The van der Waals surface area contributed by atoms with E-state index < -0.39 is 0 Å². The second-order valence-electron chi connectivity index (χ2n) is 2.89. The van der Waals surface area contributed by atoms with Gasteiger partial charge in [-0.1, -0.05) is 24.8 Å². The van der Waals surface area contributed by atoms with Gasteiger partial charge in [-0.3, -0.25) is 5.14 Å². The van der Waals surface area contributed by atoms with Crippen LogP contribution >= 0.6 is 23.5 Å². The molecule has 0 aromatic heterocycles. The maximum atomic E-state index is 6.09. The lowest BCUT2D eigenvalue weighted by Crippen LogP contribution is -2.22. The zero-order valence-corrected chi connectivity index (χ0v) is 7.63. The van der Waals surface area contributed by atoms with E-state index in [1.165, 1.54) is 37.6 Å². The van der Waals surface area contributed by atoms with Gasteiger partial charge in [-0.25, -0.2) is 0 Å². The highest BCUT2D eigenvalue weighted by molar-refractivity contribution is 7.97. The zero-order valence-electron chi connectivity index (χ0n) is 6.05. The lowest BCUT2D eigenvalue weighted by atomic mass is 9.90. The second-order valence-corrected chi connectivity index (χ2v) is 4.12. The molecule has 0 spiro atoms. The molecule has 1 nitrogen and oxygen atoms in total. The molecular weight excluding hydrogens is 166 g/mol. The molecule has 0 aromatic carbocycles. The molecule has 0 amide bonds. The summed E-state index contributed by atoms with van der Waals surface area (Å²) in [7, 11) is 0. The number of nitrogens with two attached hydrogens (primary N) is 1. The highest BCUT2D eigenvalue weighted by Gasteiger charge is 2.22. The first kappa shape index (κ1) is 8.69. The van der Waals surface area contributed by atoms with Crippen molar-refractivity contribution in [2.75, 3.05) is 5.75 Å². The van der Waals surface area contributed by atoms with Crippen LogP contribution < -0.4 is 5.14 Å². The van der Waals surface area contributed by atoms with Crippen LogP contribution in [-0.4, -0.2) is 11.1 Å². The van der Waals surface area contributed by atoms with Gasteiger partial charge < -0.3 is 0 Å². The maximum absolute atomic E-state index is 6.09. The fourth-order valence-corrected chi connectivity index (χ4v) is 2.59. The monoisotopic (exact) mass is 179 g/mol. The van der Waals surface area contributed by atoms with Crippen molar-refractivity contribution in [2.24, 2.45) is 11.1 Å². The van der Waals surface area contributed by atoms with Crippen LogP contribution in [0, 0.1) is 5.92 Å². The van der Waals surface area contributed by atoms with Crippen LogP contribution in [0.15, 0.2) is 0 Å². The van der Waals surface area contributed by atoms with Crippen LogP contribution in [0.25, 0.3) is 0 Å². The third-order valence-corrected chi connectivity index (χ3v) is 3.32. The van der Waals surface area contributed by atoms with E-state index >= 15 is 0 Å². The van der Waals surface area contributed by atoms with Crippen molar-refractivity contribution in [1.82, 2.24) is 0 Å². The molecule has 1 aliphatic carbocycles. The summed E-state index contributed by atoms with van der Waals surface area (Å²) in [6, 6.07) is 0. The zero-order chi connectivity index (χ0) is 7.40. The van der Waals surface area contributed by atoms with E-state index in [1.807, 2.05) is 0 Å². The van der Waals surface area contributed by atoms with Gasteiger partial charge >= 0.3 is 0 Å². The number of rotatable bonds is 2. The van der Waals surface area contributed by atoms with E-state index in [9.17, 15) is 0 Å². The SMILES string of the molecule is NSCC1CCCCC1Cl. The van der Waals surface area contributed by atoms with E-state index in [0.717, 1.165) is 5.75 Å². The molecule has 1 aliphatic rings. The summed E-state index contributed by atoms with van der Waals surface area (Å²) in [5.41, 5.74) is 0. The number of hydrogen-bond acceptors (Lipinski definition) is 2. The molecular formula is C7H14ClNS. The van der Waals surface area contributed by atoms with Crippen molar-refractivity contribution >= 4 is 23.5 Å².